The van der Waals surface area contributed by atoms with Gasteiger partial charge in [0.1, 0.15) is 0 Å². The van der Waals surface area contributed by atoms with Gasteiger partial charge in [-0.05, 0) is 36.4 Å². The molecule has 2 aromatic rings. The van der Waals surface area contributed by atoms with Crippen LogP contribution in [0.4, 0.5) is 11.4 Å². The SMILES string of the molecule is O=C(Nc1cc(Cl)c(Cl)cc1Cl)C1CC(=O)N(c2ccc(Cl)cc2)C1. The lowest BCUT2D eigenvalue weighted by molar-refractivity contribution is -0.122. The van der Waals surface area contributed by atoms with Crippen molar-refractivity contribution in [3.8, 4) is 0 Å². The van der Waals surface area contributed by atoms with E-state index < -0.39 is 5.92 Å². The molecule has 0 aromatic heterocycles. The summed E-state index contributed by atoms with van der Waals surface area (Å²) < 4.78 is 0. The van der Waals surface area contributed by atoms with Crippen molar-refractivity contribution < 1.29 is 9.59 Å². The second-order valence-electron chi connectivity index (χ2n) is 5.62. The lowest BCUT2D eigenvalue weighted by atomic mass is 10.1. The maximum Gasteiger partial charge on any atom is 0.229 e. The van der Waals surface area contributed by atoms with Crippen molar-refractivity contribution in [1.82, 2.24) is 0 Å². The average molecular weight is 418 g/mol. The van der Waals surface area contributed by atoms with Crippen LogP contribution in [0, 0.1) is 5.92 Å². The molecule has 1 saturated heterocycles. The lowest BCUT2D eigenvalue weighted by Crippen LogP contribution is -2.28. The van der Waals surface area contributed by atoms with Gasteiger partial charge in [0.25, 0.3) is 0 Å². The number of hydrogen-bond donors (Lipinski definition) is 1. The van der Waals surface area contributed by atoms with Crippen LogP contribution in [0.15, 0.2) is 36.4 Å². The minimum atomic E-state index is -0.492. The Bertz CT molecular complexity index is 839. The number of nitrogens with one attached hydrogen (secondary N) is 1. The number of rotatable bonds is 3. The summed E-state index contributed by atoms with van der Waals surface area (Å²) in [6.07, 6.45) is 0.118. The topological polar surface area (TPSA) is 49.4 Å². The maximum atomic E-state index is 12.5. The highest BCUT2D eigenvalue weighted by Gasteiger charge is 2.35. The summed E-state index contributed by atoms with van der Waals surface area (Å²) in [7, 11) is 0. The van der Waals surface area contributed by atoms with Gasteiger partial charge in [-0.3, -0.25) is 9.59 Å². The first-order valence-electron chi connectivity index (χ1n) is 7.36. The summed E-state index contributed by atoms with van der Waals surface area (Å²) in [5.74, 6) is -0.915. The fourth-order valence-electron chi connectivity index (χ4n) is 2.61. The van der Waals surface area contributed by atoms with Crippen LogP contribution < -0.4 is 10.2 Å². The Labute approximate surface area is 164 Å². The molecule has 0 saturated carbocycles. The third-order valence-electron chi connectivity index (χ3n) is 3.90. The molecule has 0 spiro atoms. The molecule has 0 aliphatic carbocycles. The summed E-state index contributed by atoms with van der Waals surface area (Å²) >= 11 is 23.8. The van der Waals surface area contributed by atoms with Gasteiger partial charge < -0.3 is 10.2 Å². The summed E-state index contributed by atoms with van der Waals surface area (Å²) in [6.45, 7) is 0.283. The van der Waals surface area contributed by atoms with Gasteiger partial charge in [-0.15, -0.1) is 0 Å². The molecule has 0 bridgehead atoms. The Morgan fingerprint density at radius 3 is 2.32 bits per heavy atom. The van der Waals surface area contributed by atoms with Crippen molar-refractivity contribution >= 4 is 69.6 Å². The molecule has 130 valence electrons. The highest BCUT2D eigenvalue weighted by Crippen LogP contribution is 2.33. The number of nitrogens with zero attached hydrogens (tertiary/aromatic N) is 1. The predicted molar refractivity (Wildman–Crippen MR) is 102 cm³/mol. The van der Waals surface area contributed by atoms with Crippen LogP contribution in [0.1, 0.15) is 6.42 Å². The minimum Gasteiger partial charge on any atom is -0.324 e. The Hall–Kier alpha value is -1.46. The first-order valence-corrected chi connectivity index (χ1v) is 8.87. The van der Waals surface area contributed by atoms with Crippen LogP contribution in [-0.2, 0) is 9.59 Å². The molecule has 2 amide bonds. The Morgan fingerprint density at radius 1 is 1.00 bits per heavy atom. The molecule has 2 aromatic carbocycles. The normalized spacial score (nSPS) is 17.0. The minimum absolute atomic E-state index is 0.118. The van der Waals surface area contributed by atoms with Crippen LogP contribution >= 0.6 is 46.4 Å². The van der Waals surface area contributed by atoms with Gasteiger partial charge in [-0.25, -0.2) is 0 Å². The van der Waals surface area contributed by atoms with Gasteiger partial charge in [-0.1, -0.05) is 46.4 Å². The molecule has 1 atom stereocenters. The summed E-state index contributed by atoms with van der Waals surface area (Å²) in [6, 6.07) is 9.84. The smallest absolute Gasteiger partial charge is 0.229 e. The molecule has 1 unspecified atom stereocenters. The van der Waals surface area contributed by atoms with Crippen molar-refractivity contribution in [2.24, 2.45) is 5.92 Å². The predicted octanol–water partition coefficient (Wildman–Crippen LogP) is 5.29. The Morgan fingerprint density at radius 2 is 1.64 bits per heavy atom. The third kappa shape index (κ3) is 4.04. The van der Waals surface area contributed by atoms with E-state index in [1.807, 2.05) is 0 Å². The molecule has 1 aliphatic rings. The first kappa shape index (κ1) is 18.3. The summed E-state index contributed by atoms with van der Waals surface area (Å²) in [5.41, 5.74) is 1.07. The summed E-state index contributed by atoms with van der Waals surface area (Å²) in [5, 5.41) is 4.15. The number of halogens is 4. The van der Waals surface area contributed by atoms with E-state index in [9.17, 15) is 9.59 Å². The third-order valence-corrected chi connectivity index (χ3v) is 5.19. The zero-order chi connectivity index (χ0) is 18.1. The molecule has 3 rings (SSSR count). The second-order valence-corrected chi connectivity index (χ2v) is 7.28. The van der Waals surface area contributed by atoms with E-state index in [0.29, 0.717) is 21.4 Å². The highest BCUT2D eigenvalue weighted by atomic mass is 35.5. The molecule has 8 heteroatoms. The standard InChI is InChI=1S/C17H12Cl4N2O2/c18-10-1-3-11(4-2-10)23-8-9(5-16(23)24)17(25)22-15-7-13(20)12(19)6-14(15)21/h1-4,6-7,9H,5,8H2,(H,22,25). The fraction of sp³-hybridized carbons (Fsp3) is 0.176. The zero-order valence-electron chi connectivity index (χ0n) is 12.7. The molecule has 1 heterocycles. The average Bonchev–Trinajstić information content (AvgIpc) is 2.95. The number of benzene rings is 2. The van der Waals surface area contributed by atoms with Gasteiger partial charge >= 0.3 is 0 Å². The van der Waals surface area contributed by atoms with Crippen molar-refractivity contribution in [3.05, 3.63) is 56.5 Å². The highest BCUT2D eigenvalue weighted by molar-refractivity contribution is 6.44. The van der Waals surface area contributed by atoms with Crippen LogP contribution in [0.5, 0.6) is 0 Å². The quantitative estimate of drug-likeness (QED) is 0.689. The van der Waals surface area contributed by atoms with Crippen LogP contribution in [0.3, 0.4) is 0 Å². The van der Waals surface area contributed by atoms with Crippen molar-refractivity contribution in [2.75, 3.05) is 16.8 Å². The van der Waals surface area contributed by atoms with Crippen molar-refractivity contribution in [3.63, 3.8) is 0 Å². The van der Waals surface area contributed by atoms with Crippen LogP contribution in [-0.4, -0.2) is 18.4 Å². The number of hydrogen-bond acceptors (Lipinski definition) is 2. The monoisotopic (exact) mass is 416 g/mol. The van der Waals surface area contributed by atoms with E-state index in [2.05, 4.69) is 5.32 Å². The van der Waals surface area contributed by atoms with Gasteiger partial charge in [0.2, 0.25) is 11.8 Å². The van der Waals surface area contributed by atoms with Crippen molar-refractivity contribution in [2.45, 2.75) is 6.42 Å². The van der Waals surface area contributed by atoms with E-state index in [-0.39, 0.29) is 34.8 Å². The van der Waals surface area contributed by atoms with E-state index in [1.165, 1.54) is 12.1 Å². The molecule has 4 nitrogen and oxygen atoms in total. The van der Waals surface area contributed by atoms with Crippen molar-refractivity contribution in [1.29, 1.82) is 0 Å². The molecular formula is C17H12Cl4N2O2. The number of carbonyl (C=O) groups is 2. The van der Waals surface area contributed by atoms with Gasteiger partial charge in [0.05, 0.1) is 26.7 Å². The van der Waals surface area contributed by atoms with Gasteiger partial charge in [0.15, 0.2) is 0 Å². The Balaban J connectivity index is 1.73. The lowest BCUT2D eigenvalue weighted by Gasteiger charge is -2.17. The molecule has 1 aliphatic heterocycles. The zero-order valence-corrected chi connectivity index (χ0v) is 15.8. The first-order chi connectivity index (χ1) is 11.8. The molecule has 1 N–H and O–H groups in total. The van der Waals surface area contributed by atoms with E-state index in [1.54, 1.807) is 29.2 Å². The second kappa shape index (κ2) is 7.42. The maximum absolute atomic E-state index is 12.5. The van der Waals surface area contributed by atoms with E-state index >= 15 is 0 Å². The van der Waals surface area contributed by atoms with Crippen LogP contribution in [0.2, 0.25) is 20.1 Å². The molecule has 25 heavy (non-hydrogen) atoms. The molecule has 1 fully saturated rings. The number of anilines is 2. The van der Waals surface area contributed by atoms with Gasteiger partial charge in [0, 0.05) is 23.7 Å². The fourth-order valence-corrected chi connectivity index (χ4v) is 3.33. The van der Waals surface area contributed by atoms with Gasteiger partial charge in [-0.2, -0.15) is 0 Å². The number of amides is 2. The molecule has 0 radical (unpaired) electrons. The van der Waals surface area contributed by atoms with E-state index in [4.69, 9.17) is 46.4 Å². The Kier molecular flexibility index (Phi) is 5.44. The number of carbonyl (C=O) groups excluding carboxylic acids is 2. The summed E-state index contributed by atoms with van der Waals surface area (Å²) in [4.78, 5) is 26.3. The molecular weight excluding hydrogens is 406 g/mol. The largest absolute Gasteiger partial charge is 0.324 e. The van der Waals surface area contributed by atoms with E-state index in [0.717, 1.165) is 0 Å². The van der Waals surface area contributed by atoms with Crippen LogP contribution in [0.25, 0.3) is 0 Å².